The van der Waals surface area contributed by atoms with Gasteiger partial charge in [0.2, 0.25) is 0 Å². The largest absolute Gasteiger partial charge is 0.493 e. The minimum absolute atomic E-state index is 0.0281. The first-order valence-corrected chi connectivity index (χ1v) is 8.26. The number of nitro groups is 1. The number of anilines is 1. The number of non-ortho nitro benzene ring substituents is 1. The Labute approximate surface area is 152 Å². The lowest BCUT2D eigenvalue weighted by Gasteiger charge is -2.19. The SMILES string of the molecule is COc1cc(Br)c(C(=O)N2CCc3cc([N+](=O)[O-])ccc32)cc1OC. The number of hydrogen-bond acceptors (Lipinski definition) is 5. The van der Waals surface area contributed by atoms with Crippen LogP contribution in [0.3, 0.4) is 0 Å². The minimum atomic E-state index is -0.435. The summed E-state index contributed by atoms with van der Waals surface area (Å²) in [5.74, 6) is 0.765. The summed E-state index contributed by atoms with van der Waals surface area (Å²) < 4.78 is 11.1. The molecule has 0 N–H and O–H groups in total. The van der Waals surface area contributed by atoms with Gasteiger partial charge in [0.1, 0.15) is 0 Å². The second-order valence-corrected chi connectivity index (χ2v) is 6.32. The van der Waals surface area contributed by atoms with Gasteiger partial charge in [-0.25, -0.2) is 0 Å². The van der Waals surface area contributed by atoms with Gasteiger partial charge in [0.05, 0.1) is 24.7 Å². The van der Waals surface area contributed by atoms with E-state index in [-0.39, 0.29) is 11.6 Å². The molecule has 0 fully saturated rings. The number of ether oxygens (including phenoxy) is 2. The summed E-state index contributed by atoms with van der Waals surface area (Å²) in [7, 11) is 3.03. The van der Waals surface area contributed by atoms with Gasteiger partial charge in [-0.2, -0.15) is 0 Å². The van der Waals surface area contributed by atoms with Crippen LogP contribution >= 0.6 is 15.9 Å². The van der Waals surface area contributed by atoms with Crippen LogP contribution in [0.2, 0.25) is 0 Å². The van der Waals surface area contributed by atoms with Gasteiger partial charge in [0, 0.05) is 28.8 Å². The number of carbonyl (C=O) groups is 1. The molecule has 0 bridgehead atoms. The molecule has 0 saturated heterocycles. The van der Waals surface area contributed by atoms with Gasteiger partial charge in [-0.3, -0.25) is 14.9 Å². The number of rotatable bonds is 4. The Hall–Kier alpha value is -2.61. The zero-order valence-corrected chi connectivity index (χ0v) is 15.2. The van der Waals surface area contributed by atoms with Crippen LogP contribution in [0.15, 0.2) is 34.8 Å². The number of nitro benzene ring substituents is 1. The predicted octanol–water partition coefficient (Wildman–Crippen LogP) is 3.58. The minimum Gasteiger partial charge on any atom is -0.493 e. The molecule has 0 aromatic heterocycles. The molecule has 1 aliphatic heterocycles. The van der Waals surface area contributed by atoms with E-state index in [9.17, 15) is 14.9 Å². The quantitative estimate of drug-likeness (QED) is 0.572. The number of fused-ring (bicyclic) bond motifs is 1. The highest BCUT2D eigenvalue weighted by atomic mass is 79.9. The Morgan fingerprint density at radius 1 is 1.20 bits per heavy atom. The Morgan fingerprint density at radius 2 is 1.88 bits per heavy atom. The van der Waals surface area contributed by atoms with Crippen molar-refractivity contribution in [1.82, 2.24) is 0 Å². The number of amides is 1. The fourth-order valence-corrected chi connectivity index (χ4v) is 3.37. The Morgan fingerprint density at radius 3 is 2.52 bits per heavy atom. The molecule has 1 aliphatic rings. The molecular formula is C17H15BrN2O5. The molecule has 25 heavy (non-hydrogen) atoms. The van der Waals surface area contributed by atoms with Crippen LogP contribution in [0.1, 0.15) is 15.9 Å². The molecule has 0 unspecified atom stereocenters. The highest BCUT2D eigenvalue weighted by molar-refractivity contribution is 9.10. The van der Waals surface area contributed by atoms with Crippen molar-refractivity contribution in [3.05, 3.63) is 56.0 Å². The third kappa shape index (κ3) is 3.05. The molecule has 0 radical (unpaired) electrons. The van der Waals surface area contributed by atoms with Gasteiger partial charge in [0.25, 0.3) is 11.6 Å². The van der Waals surface area contributed by atoms with Crippen LogP contribution in [-0.4, -0.2) is 31.6 Å². The molecular weight excluding hydrogens is 392 g/mol. The van der Waals surface area contributed by atoms with Crippen molar-refractivity contribution in [3.8, 4) is 11.5 Å². The maximum atomic E-state index is 13.0. The van der Waals surface area contributed by atoms with Crippen molar-refractivity contribution in [3.63, 3.8) is 0 Å². The number of nitrogens with zero attached hydrogens (tertiary/aromatic N) is 2. The Bertz CT molecular complexity index is 868. The van der Waals surface area contributed by atoms with Crippen LogP contribution < -0.4 is 14.4 Å². The van der Waals surface area contributed by atoms with E-state index in [0.29, 0.717) is 40.2 Å². The van der Waals surface area contributed by atoms with E-state index in [4.69, 9.17) is 9.47 Å². The van der Waals surface area contributed by atoms with Gasteiger partial charge >= 0.3 is 0 Å². The van der Waals surface area contributed by atoms with E-state index in [1.807, 2.05) is 0 Å². The molecule has 0 atom stereocenters. The van der Waals surface area contributed by atoms with E-state index >= 15 is 0 Å². The Kier molecular flexibility index (Phi) is 4.63. The lowest BCUT2D eigenvalue weighted by Crippen LogP contribution is -2.29. The standard InChI is InChI=1S/C17H15BrN2O5/c1-24-15-8-12(13(18)9-16(15)25-2)17(21)19-6-5-10-7-11(20(22)23)3-4-14(10)19/h3-4,7-9H,5-6H2,1-2H3. The third-order valence-electron chi connectivity index (χ3n) is 4.12. The molecule has 130 valence electrons. The van der Waals surface area contributed by atoms with Gasteiger partial charge in [-0.1, -0.05) is 0 Å². The third-order valence-corrected chi connectivity index (χ3v) is 4.77. The van der Waals surface area contributed by atoms with Crippen molar-refractivity contribution in [1.29, 1.82) is 0 Å². The van der Waals surface area contributed by atoms with Crippen LogP contribution in [0.4, 0.5) is 11.4 Å². The lowest BCUT2D eigenvalue weighted by molar-refractivity contribution is -0.384. The fourth-order valence-electron chi connectivity index (χ4n) is 2.88. The van der Waals surface area contributed by atoms with Crippen molar-refractivity contribution in [2.24, 2.45) is 0 Å². The second kappa shape index (κ2) is 6.72. The molecule has 0 saturated carbocycles. The average Bonchev–Trinajstić information content (AvgIpc) is 3.03. The number of hydrogen-bond donors (Lipinski definition) is 0. The van der Waals surface area contributed by atoms with Gasteiger partial charge in [0.15, 0.2) is 11.5 Å². The molecule has 7 nitrogen and oxygen atoms in total. The van der Waals surface area contributed by atoms with Gasteiger partial charge in [-0.05, 0) is 46.1 Å². The highest BCUT2D eigenvalue weighted by Crippen LogP contribution is 2.37. The molecule has 2 aromatic carbocycles. The maximum absolute atomic E-state index is 13.0. The molecule has 2 aromatic rings. The summed E-state index contributed by atoms with van der Waals surface area (Å²) in [5, 5.41) is 10.9. The summed E-state index contributed by atoms with van der Waals surface area (Å²) in [6.45, 7) is 0.468. The van der Waals surface area contributed by atoms with E-state index in [0.717, 1.165) is 5.56 Å². The predicted molar refractivity (Wildman–Crippen MR) is 95.7 cm³/mol. The van der Waals surface area contributed by atoms with E-state index in [2.05, 4.69) is 15.9 Å². The van der Waals surface area contributed by atoms with Gasteiger partial charge < -0.3 is 14.4 Å². The van der Waals surface area contributed by atoms with Crippen LogP contribution in [0.5, 0.6) is 11.5 Å². The van der Waals surface area contributed by atoms with E-state index in [1.54, 1.807) is 23.1 Å². The van der Waals surface area contributed by atoms with Gasteiger partial charge in [-0.15, -0.1) is 0 Å². The smallest absolute Gasteiger partial charge is 0.269 e. The van der Waals surface area contributed by atoms with E-state index < -0.39 is 4.92 Å². The molecule has 8 heteroatoms. The zero-order chi connectivity index (χ0) is 18.1. The van der Waals surface area contributed by atoms with Crippen LogP contribution in [0.25, 0.3) is 0 Å². The van der Waals surface area contributed by atoms with Crippen molar-refractivity contribution in [2.45, 2.75) is 6.42 Å². The monoisotopic (exact) mass is 406 g/mol. The lowest BCUT2D eigenvalue weighted by atomic mass is 10.1. The topological polar surface area (TPSA) is 81.9 Å². The first-order valence-electron chi connectivity index (χ1n) is 7.47. The Balaban J connectivity index is 1.98. The highest BCUT2D eigenvalue weighted by Gasteiger charge is 2.29. The van der Waals surface area contributed by atoms with Crippen molar-refractivity contribution >= 4 is 33.2 Å². The number of halogens is 1. The molecule has 0 spiro atoms. The average molecular weight is 407 g/mol. The molecule has 0 aliphatic carbocycles. The summed E-state index contributed by atoms with van der Waals surface area (Å²) >= 11 is 3.40. The molecule has 1 amide bonds. The van der Waals surface area contributed by atoms with Crippen molar-refractivity contribution < 1.29 is 19.2 Å². The zero-order valence-electron chi connectivity index (χ0n) is 13.6. The summed E-state index contributed by atoms with van der Waals surface area (Å²) in [6, 6.07) is 7.85. The number of benzene rings is 2. The molecule has 3 rings (SSSR count). The van der Waals surface area contributed by atoms with E-state index in [1.165, 1.54) is 26.4 Å². The summed E-state index contributed by atoms with van der Waals surface area (Å²) in [4.78, 5) is 25.1. The van der Waals surface area contributed by atoms with Crippen LogP contribution in [-0.2, 0) is 6.42 Å². The maximum Gasteiger partial charge on any atom is 0.269 e. The summed E-state index contributed by atoms with van der Waals surface area (Å²) in [6.07, 6.45) is 0.577. The fraction of sp³-hybridized carbons (Fsp3) is 0.235. The number of carbonyl (C=O) groups excluding carboxylic acids is 1. The van der Waals surface area contributed by atoms with Crippen molar-refractivity contribution in [2.75, 3.05) is 25.7 Å². The number of methoxy groups -OCH3 is 2. The normalized spacial score (nSPS) is 12.7. The first kappa shape index (κ1) is 17.2. The van der Waals surface area contributed by atoms with Crippen LogP contribution in [0, 0.1) is 10.1 Å². The second-order valence-electron chi connectivity index (χ2n) is 5.46. The first-order chi connectivity index (χ1) is 12.0. The summed E-state index contributed by atoms with van der Waals surface area (Å²) in [5.41, 5.74) is 1.95. The molecule has 1 heterocycles.